The van der Waals surface area contributed by atoms with Gasteiger partial charge in [0.25, 0.3) is 5.91 Å². The molecular weight excluding hydrogens is 305 g/mol. The molecule has 0 aliphatic carbocycles. The van der Waals surface area contributed by atoms with Crippen molar-refractivity contribution in [3.8, 4) is 0 Å². The van der Waals surface area contributed by atoms with Crippen LogP contribution in [0.25, 0.3) is 0 Å². The van der Waals surface area contributed by atoms with Crippen LogP contribution in [0.3, 0.4) is 0 Å². The second-order valence-corrected chi connectivity index (χ2v) is 4.35. The van der Waals surface area contributed by atoms with E-state index in [4.69, 9.17) is 5.11 Å². The number of nitrogens with zero attached hydrogens (tertiary/aromatic N) is 1. The summed E-state index contributed by atoms with van der Waals surface area (Å²) in [5.41, 5.74) is 0.208. The minimum Gasteiger partial charge on any atom is -0.480 e. The summed E-state index contributed by atoms with van der Waals surface area (Å²) in [5.74, 6) is -2.10. The van der Waals surface area contributed by atoms with E-state index in [1.807, 2.05) is 0 Å². The third kappa shape index (κ3) is 3.66. The van der Waals surface area contributed by atoms with Gasteiger partial charge >= 0.3 is 5.97 Å². The van der Waals surface area contributed by atoms with Gasteiger partial charge in [0, 0.05) is 11.0 Å². The molecule has 1 aromatic rings. The molecule has 0 spiro atoms. The van der Waals surface area contributed by atoms with Crippen LogP contribution < -0.4 is 0 Å². The van der Waals surface area contributed by atoms with Gasteiger partial charge in [0.15, 0.2) is 0 Å². The Morgan fingerprint density at radius 3 is 2.67 bits per heavy atom. The van der Waals surface area contributed by atoms with E-state index >= 15 is 0 Å². The van der Waals surface area contributed by atoms with E-state index in [-0.39, 0.29) is 16.6 Å². The Kier molecular flexibility index (Phi) is 5.03. The van der Waals surface area contributed by atoms with Crippen LogP contribution in [0.1, 0.15) is 10.4 Å². The number of benzene rings is 1. The standard InChI is InChI=1S/C12H11BrFNO3/c1-2-5-15(7-11(16)17)12(18)9-4-3-8(14)6-10(9)13/h2-4,6H,1,5,7H2,(H,16,17). The molecule has 0 unspecified atom stereocenters. The van der Waals surface area contributed by atoms with Crippen LogP contribution in [-0.2, 0) is 4.79 Å². The number of hydrogen-bond donors (Lipinski definition) is 1. The van der Waals surface area contributed by atoms with Gasteiger partial charge in [0.05, 0.1) is 5.56 Å². The topological polar surface area (TPSA) is 57.6 Å². The molecule has 18 heavy (non-hydrogen) atoms. The summed E-state index contributed by atoms with van der Waals surface area (Å²) in [7, 11) is 0. The van der Waals surface area contributed by atoms with Crippen LogP contribution in [0.4, 0.5) is 4.39 Å². The zero-order valence-electron chi connectivity index (χ0n) is 9.40. The zero-order valence-corrected chi connectivity index (χ0v) is 11.0. The zero-order chi connectivity index (χ0) is 13.7. The van der Waals surface area contributed by atoms with E-state index < -0.39 is 24.2 Å². The Labute approximate surface area is 112 Å². The average molecular weight is 316 g/mol. The smallest absolute Gasteiger partial charge is 0.323 e. The largest absolute Gasteiger partial charge is 0.480 e. The fourth-order valence-corrected chi connectivity index (χ4v) is 1.89. The van der Waals surface area contributed by atoms with Crippen LogP contribution in [0.5, 0.6) is 0 Å². The molecule has 0 saturated heterocycles. The summed E-state index contributed by atoms with van der Waals surface area (Å²) in [5, 5.41) is 8.72. The molecule has 96 valence electrons. The van der Waals surface area contributed by atoms with E-state index in [1.54, 1.807) is 0 Å². The van der Waals surface area contributed by atoms with Crippen molar-refractivity contribution in [1.29, 1.82) is 0 Å². The first-order valence-corrected chi connectivity index (χ1v) is 5.82. The highest BCUT2D eigenvalue weighted by atomic mass is 79.9. The maximum atomic E-state index is 12.9. The molecule has 1 N–H and O–H groups in total. The Morgan fingerprint density at radius 2 is 2.17 bits per heavy atom. The fraction of sp³-hybridized carbons (Fsp3) is 0.167. The fourth-order valence-electron chi connectivity index (χ4n) is 1.37. The number of amides is 1. The number of carbonyl (C=O) groups is 2. The second-order valence-electron chi connectivity index (χ2n) is 3.49. The van der Waals surface area contributed by atoms with Crippen LogP contribution in [0, 0.1) is 5.82 Å². The number of aliphatic carboxylic acids is 1. The van der Waals surface area contributed by atoms with Gasteiger partial charge in [0.2, 0.25) is 0 Å². The predicted molar refractivity (Wildman–Crippen MR) is 67.8 cm³/mol. The molecule has 0 radical (unpaired) electrons. The van der Waals surface area contributed by atoms with Crippen molar-refractivity contribution in [2.24, 2.45) is 0 Å². The van der Waals surface area contributed by atoms with Gasteiger partial charge in [-0.2, -0.15) is 0 Å². The van der Waals surface area contributed by atoms with Gasteiger partial charge < -0.3 is 10.0 Å². The Bertz CT molecular complexity index is 490. The highest BCUT2D eigenvalue weighted by Gasteiger charge is 2.19. The minimum absolute atomic E-state index is 0.106. The summed E-state index contributed by atoms with van der Waals surface area (Å²) < 4.78 is 13.2. The van der Waals surface area contributed by atoms with Gasteiger partial charge in [-0.05, 0) is 34.1 Å². The van der Waals surface area contributed by atoms with E-state index in [0.29, 0.717) is 0 Å². The summed E-state index contributed by atoms with van der Waals surface area (Å²) in [6.07, 6.45) is 1.43. The first kappa shape index (κ1) is 14.4. The lowest BCUT2D eigenvalue weighted by molar-refractivity contribution is -0.137. The molecule has 0 aromatic heterocycles. The van der Waals surface area contributed by atoms with Crippen molar-refractivity contribution in [3.05, 3.63) is 46.7 Å². The molecule has 0 heterocycles. The Morgan fingerprint density at radius 1 is 1.50 bits per heavy atom. The molecule has 0 saturated carbocycles. The lowest BCUT2D eigenvalue weighted by Gasteiger charge is -2.19. The Balaban J connectivity index is 3.01. The molecule has 0 atom stereocenters. The highest BCUT2D eigenvalue weighted by Crippen LogP contribution is 2.19. The van der Waals surface area contributed by atoms with E-state index in [1.165, 1.54) is 12.1 Å². The minimum atomic E-state index is -1.12. The first-order chi connectivity index (χ1) is 8.45. The van der Waals surface area contributed by atoms with E-state index in [0.717, 1.165) is 17.0 Å². The molecule has 0 aliphatic rings. The van der Waals surface area contributed by atoms with Crippen LogP contribution in [-0.4, -0.2) is 35.0 Å². The molecule has 6 heteroatoms. The maximum Gasteiger partial charge on any atom is 0.323 e. The van der Waals surface area contributed by atoms with Gasteiger partial charge in [0.1, 0.15) is 12.4 Å². The summed E-state index contributed by atoms with van der Waals surface area (Å²) >= 11 is 3.07. The number of carboxylic acids is 1. The quantitative estimate of drug-likeness (QED) is 0.848. The number of halogens is 2. The Hall–Kier alpha value is -1.69. The maximum absolute atomic E-state index is 12.9. The average Bonchev–Trinajstić information content (AvgIpc) is 2.27. The summed E-state index contributed by atoms with van der Waals surface area (Å²) in [6.45, 7) is 3.13. The first-order valence-electron chi connectivity index (χ1n) is 5.02. The van der Waals surface area contributed by atoms with Gasteiger partial charge in [-0.25, -0.2) is 4.39 Å². The van der Waals surface area contributed by atoms with Crippen LogP contribution >= 0.6 is 15.9 Å². The van der Waals surface area contributed by atoms with Crippen LogP contribution in [0.15, 0.2) is 35.3 Å². The van der Waals surface area contributed by atoms with Crippen molar-refractivity contribution < 1.29 is 19.1 Å². The van der Waals surface area contributed by atoms with Gasteiger partial charge in [-0.1, -0.05) is 6.08 Å². The van der Waals surface area contributed by atoms with Crippen molar-refractivity contribution in [2.45, 2.75) is 0 Å². The number of hydrogen-bond acceptors (Lipinski definition) is 2. The molecular formula is C12H11BrFNO3. The van der Waals surface area contributed by atoms with Crippen molar-refractivity contribution in [1.82, 2.24) is 4.90 Å². The van der Waals surface area contributed by atoms with Gasteiger partial charge in [-0.15, -0.1) is 6.58 Å². The molecule has 0 bridgehead atoms. The monoisotopic (exact) mass is 315 g/mol. The molecule has 1 aromatic carbocycles. The number of carboxylic acid groups (broad SMARTS) is 1. The molecule has 0 fully saturated rings. The lowest BCUT2D eigenvalue weighted by atomic mass is 10.2. The number of rotatable bonds is 5. The molecule has 4 nitrogen and oxygen atoms in total. The molecule has 1 rings (SSSR count). The summed E-state index contributed by atoms with van der Waals surface area (Å²) in [6, 6.07) is 3.60. The summed E-state index contributed by atoms with van der Waals surface area (Å²) in [4.78, 5) is 23.8. The highest BCUT2D eigenvalue weighted by molar-refractivity contribution is 9.10. The van der Waals surface area contributed by atoms with E-state index in [9.17, 15) is 14.0 Å². The number of carbonyl (C=O) groups excluding carboxylic acids is 1. The van der Waals surface area contributed by atoms with Gasteiger partial charge in [-0.3, -0.25) is 9.59 Å². The van der Waals surface area contributed by atoms with E-state index in [2.05, 4.69) is 22.5 Å². The predicted octanol–water partition coefficient (Wildman–Crippen LogP) is 2.30. The SMILES string of the molecule is C=CCN(CC(=O)O)C(=O)c1ccc(F)cc1Br. The molecule has 0 aliphatic heterocycles. The third-order valence-corrected chi connectivity index (χ3v) is 2.78. The van der Waals surface area contributed by atoms with Crippen molar-refractivity contribution >= 4 is 27.8 Å². The van der Waals surface area contributed by atoms with Crippen molar-refractivity contribution in [3.63, 3.8) is 0 Å². The van der Waals surface area contributed by atoms with Crippen LogP contribution in [0.2, 0.25) is 0 Å². The lowest BCUT2D eigenvalue weighted by Crippen LogP contribution is -2.36. The van der Waals surface area contributed by atoms with Crippen molar-refractivity contribution in [2.75, 3.05) is 13.1 Å². The molecule has 1 amide bonds. The normalized spacial score (nSPS) is 9.89. The second kappa shape index (κ2) is 6.30. The third-order valence-electron chi connectivity index (χ3n) is 2.12.